The predicted molar refractivity (Wildman–Crippen MR) is 115 cm³/mol. The molecule has 3 rings (SSSR count). The first-order valence-corrected chi connectivity index (χ1v) is 9.85. The number of halogens is 2. The molecule has 0 saturated heterocycles. The fourth-order valence-corrected chi connectivity index (χ4v) is 3.73. The first kappa shape index (κ1) is 21.4. The number of rotatable bonds is 3. The molecule has 0 aromatic heterocycles. The van der Waals surface area contributed by atoms with E-state index in [1.54, 1.807) is 12.1 Å². The van der Waals surface area contributed by atoms with Crippen LogP contribution >= 0.6 is 27.5 Å². The second-order valence-corrected chi connectivity index (χ2v) is 6.94. The second kappa shape index (κ2) is 9.36. The molecule has 0 radical (unpaired) electrons. The van der Waals surface area contributed by atoms with E-state index in [1.807, 2.05) is 57.2 Å². The van der Waals surface area contributed by atoms with Crippen LogP contribution in [0.25, 0.3) is 21.9 Å². The Morgan fingerprint density at radius 2 is 1.63 bits per heavy atom. The van der Waals surface area contributed by atoms with Crippen LogP contribution in [-0.4, -0.2) is 18.2 Å². The number of methoxy groups -OCH3 is 1. The number of aliphatic hydroxyl groups is 1. The van der Waals surface area contributed by atoms with Crippen LogP contribution in [0.3, 0.4) is 0 Å². The zero-order valence-electron chi connectivity index (χ0n) is 15.7. The SMILES string of the molecule is CC.COC(=O)C(O)c1c(C)c(Br)c2ccccc2c1-c1ccc(Cl)cc1. The molecule has 0 amide bonds. The molecule has 1 N–H and O–H groups in total. The highest BCUT2D eigenvalue weighted by Crippen LogP contribution is 2.42. The van der Waals surface area contributed by atoms with Gasteiger partial charge in [-0.05, 0) is 62.4 Å². The molecule has 0 aliphatic heterocycles. The average molecular weight is 450 g/mol. The van der Waals surface area contributed by atoms with Gasteiger partial charge in [0.2, 0.25) is 0 Å². The van der Waals surface area contributed by atoms with Gasteiger partial charge in [-0.1, -0.05) is 61.8 Å². The molecular formula is C22H22BrClO3. The normalized spacial score (nSPS) is 11.5. The van der Waals surface area contributed by atoms with Gasteiger partial charge in [0.1, 0.15) is 0 Å². The standard InChI is InChI=1S/C20H16BrClO3.C2H6/c1-11-16(19(23)20(24)25-2)17(12-7-9-13(22)10-8-12)14-5-3-4-6-15(14)18(11)21;1-2/h3-10,19,23H,1-2H3;1-2H3. The largest absolute Gasteiger partial charge is 0.467 e. The minimum absolute atomic E-state index is 0.528. The highest BCUT2D eigenvalue weighted by Gasteiger charge is 2.27. The smallest absolute Gasteiger partial charge is 0.339 e. The molecule has 27 heavy (non-hydrogen) atoms. The lowest BCUT2D eigenvalue weighted by Crippen LogP contribution is -2.16. The quantitative estimate of drug-likeness (QED) is 0.466. The van der Waals surface area contributed by atoms with Gasteiger partial charge < -0.3 is 9.84 Å². The van der Waals surface area contributed by atoms with Crippen molar-refractivity contribution in [3.05, 3.63) is 69.2 Å². The maximum absolute atomic E-state index is 12.0. The van der Waals surface area contributed by atoms with Crippen molar-refractivity contribution in [2.75, 3.05) is 7.11 Å². The molecule has 0 saturated carbocycles. The summed E-state index contributed by atoms with van der Waals surface area (Å²) >= 11 is 9.62. The molecule has 3 aromatic rings. The minimum atomic E-state index is -1.38. The van der Waals surface area contributed by atoms with Crippen molar-refractivity contribution in [2.45, 2.75) is 26.9 Å². The second-order valence-electron chi connectivity index (χ2n) is 5.71. The number of ether oxygens (including phenoxy) is 1. The van der Waals surface area contributed by atoms with Gasteiger partial charge in [0.05, 0.1) is 7.11 Å². The monoisotopic (exact) mass is 448 g/mol. The van der Waals surface area contributed by atoms with E-state index < -0.39 is 12.1 Å². The van der Waals surface area contributed by atoms with Crippen LogP contribution < -0.4 is 0 Å². The van der Waals surface area contributed by atoms with Crippen LogP contribution in [0.2, 0.25) is 5.02 Å². The van der Waals surface area contributed by atoms with Gasteiger partial charge in [0, 0.05) is 15.1 Å². The first-order chi connectivity index (χ1) is 13.0. The number of hydrogen-bond acceptors (Lipinski definition) is 3. The summed E-state index contributed by atoms with van der Waals surface area (Å²) in [5.74, 6) is -0.694. The Kier molecular flexibility index (Phi) is 7.42. The number of aliphatic hydroxyl groups excluding tert-OH is 1. The summed E-state index contributed by atoms with van der Waals surface area (Å²) in [6.45, 7) is 5.87. The molecule has 0 fully saturated rings. The maximum Gasteiger partial charge on any atom is 0.339 e. The van der Waals surface area contributed by atoms with Crippen molar-refractivity contribution in [2.24, 2.45) is 0 Å². The van der Waals surface area contributed by atoms with E-state index in [4.69, 9.17) is 16.3 Å². The van der Waals surface area contributed by atoms with Gasteiger partial charge in [-0.3, -0.25) is 0 Å². The van der Waals surface area contributed by atoms with Crippen molar-refractivity contribution in [1.82, 2.24) is 0 Å². The van der Waals surface area contributed by atoms with E-state index in [-0.39, 0.29) is 0 Å². The summed E-state index contributed by atoms with van der Waals surface area (Å²) in [4.78, 5) is 12.0. The molecule has 0 aliphatic carbocycles. The Morgan fingerprint density at radius 3 is 2.19 bits per heavy atom. The Bertz CT molecular complexity index is 952. The average Bonchev–Trinajstić information content (AvgIpc) is 2.71. The number of fused-ring (bicyclic) bond motifs is 1. The molecule has 0 heterocycles. The highest BCUT2D eigenvalue weighted by molar-refractivity contribution is 9.10. The molecule has 142 valence electrons. The summed E-state index contributed by atoms with van der Waals surface area (Å²) < 4.78 is 5.60. The van der Waals surface area contributed by atoms with Gasteiger partial charge in [-0.15, -0.1) is 0 Å². The van der Waals surface area contributed by atoms with Crippen LogP contribution in [0.4, 0.5) is 0 Å². The van der Waals surface area contributed by atoms with E-state index in [2.05, 4.69) is 15.9 Å². The Hall–Kier alpha value is -1.88. The molecule has 3 aromatic carbocycles. The van der Waals surface area contributed by atoms with E-state index >= 15 is 0 Å². The number of hydrogen-bond donors (Lipinski definition) is 1. The van der Waals surface area contributed by atoms with Crippen LogP contribution in [0.15, 0.2) is 53.0 Å². The number of carbonyl (C=O) groups is 1. The molecule has 5 heteroatoms. The Labute approximate surface area is 173 Å². The van der Waals surface area contributed by atoms with Crippen molar-refractivity contribution < 1.29 is 14.6 Å². The van der Waals surface area contributed by atoms with Gasteiger partial charge >= 0.3 is 5.97 Å². The summed E-state index contributed by atoms with van der Waals surface area (Å²) in [5, 5.41) is 13.2. The van der Waals surface area contributed by atoms with Crippen LogP contribution in [0.5, 0.6) is 0 Å². The summed E-state index contributed by atoms with van der Waals surface area (Å²) in [6, 6.07) is 15.2. The Morgan fingerprint density at radius 1 is 1.07 bits per heavy atom. The number of carbonyl (C=O) groups excluding carboxylic acids is 1. The van der Waals surface area contributed by atoms with Crippen LogP contribution in [-0.2, 0) is 9.53 Å². The highest BCUT2D eigenvalue weighted by atomic mass is 79.9. The molecule has 0 aliphatic rings. The van der Waals surface area contributed by atoms with E-state index in [1.165, 1.54) is 7.11 Å². The molecule has 0 bridgehead atoms. The zero-order chi connectivity index (χ0) is 20.1. The minimum Gasteiger partial charge on any atom is -0.467 e. The fraction of sp³-hybridized carbons (Fsp3) is 0.227. The molecule has 1 atom stereocenters. The first-order valence-electron chi connectivity index (χ1n) is 8.68. The number of esters is 1. The van der Waals surface area contributed by atoms with Gasteiger partial charge in [-0.25, -0.2) is 4.79 Å². The fourth-order valence-electron chi connectivity index (χ4n) is 3.04. The predicted octanol–water partition coefficient (Wildman–Crippen LogP) is 6.46. The molecular weight excluding hydrogens is 428 g/mol. The summed E-state index contributed by atoms with van der Waals surface area (Å²) in [6.07, 6.45) is -1.38. The van der Waals surface area contributed by atoms with Crippen molar-refractivity contribution >= 4 is 44.3 Å². The third kappa shape index (κ3) is 4.18. The van der Waals surface area contributed by atoms with Crippen LogP contribution in [0, 0.1) is 6.92 Å². The summed E-state index contributed by atoms with van der Waals surface area (Å²) in [5.41, 5.74) is 2.99. The van der Waals surface area contributed by atoms with E-state index in [9.17, 15) is 9.90 Å². The maximum atomic E-state index is 12.0. The van der Waals surface area contributed by atoms with Crippen molar-refractivity contribution in [3.63, 3.8) is 0 Å². The molecule has 0 spiro atoms. The topological polar surface area (TPSA) is 46.5 Å². The third-order valence-corrected chi connectivity index (χ3v) is 5.54. The lowest BCUT2D eigenvalue weighted by molar-refractivity contribution is -0.150. The third-order valence-electron chi connectivity index (χ3n) is 4.27. The van der Waals surface area contributed by atoms with Gasteiger partial charge in [0.15, 0.2) is 6.10 Å². The molecule has 1 unspecified atom stereocenters. The summed E-state index contributed by atoms with van der Waals surface area (Å²) in [7, 11) is 1.26. The lowest BCUT2D eigenvalue weighted by Gasteiger charge is -2.21. The zero-order valence-corrected chi connectivity index (χ0v) is 18.1. The van der Waals surface area contributed by atoms with Crippen molar-refractivity contribution in [3.8, 4) is 11.1 Å². The van der Waals surface area contributed by atoms with Crippen LogP contribution in [0.1, 0.15) is 31.1 Å². The number of benzene rings is 3. The Balaban J connectivity index is 0.00000126. The van der Waals surface area contributed by atoms with E-state index in [0.29, 0.717) is 10.6 Å². The van der Waals surface area contributed by atoms with Gasteiger partial charge in [-0.2, -0.15) is 0 Å². The van der Waals surface area contributed by atoms with E-state index in [0.717, 1.165) is 31.9 Å². The van der Waals surface area contributed by atoms with Crippen molar-refractivity contribution in [1.29, 1.82) is 0 Å². The lowest BCUT2D eigenvalue weighted by atomic mass is 9.87. The van der Waals surface area contributed by atoms with Gasteiger partial charge in [0.25, 0.3) is 0 Å². The molecule has 3 nitrogen and oxygen atoms in total.